The lowest BCUT2D eigenvalue weighted by atomic mass is 9.95. The first kappa shape index (κ1) is 22.9. The van der Waals surface area contributed by atoms with Crippen molar-refractivity contribution < 1.29 is 26.7 Å². The van der Waals surface area contributed by atoms with E-state index in [0.717, 1.165) is 0 Å². The number of benzene rings is 2. The average Bonchev–Trinajstić information content (AvgIpc) is 2.67. The number of alkyl halides is 3. The fraction of sp³-hybridized carbons (Fsp3) is 0.400. The quantitative estimate of drug-likeness (QED) is 0.684. The van der Waals surface area contributed by atoms with Gasteiger partial charge in [0.2, 0.25) is 10.0 Å². The molecule has 1 fully saturated rings. The van der Waals surface area contributed by atoms with Crippen molar-refractivity contribution in [1.82, 2.24) is 4.31 Å². The summed E-state index contributed by atoms with van der Waals surface area (Å²) >= 11 is 4.24. The second-order valence-electron chi connectivity index (χ2n) is 7.49. The average molecular weight is 461 g/mol. The smallest absolute Gasteiger partial charge is 0.376 e. The van der Waals surface area contributed by atoms with E-state index in [0.29, 0.717) is 24.1 Å². The van der Waals surface area contributed by atoms with E-state index >= 15 is 0 Å². The Labute approximate surface area is 179 Å². The third kappa shape index (κ3) is 4.18. The van der Waals surface area contributed by atoms with Crippen molar-refractivity contribution in [2.45, 2.75) is 41.5 Å². The first-order valence-corrected chi connectivity index (χ1v) is 11.2. The van der Waals surface area contributed by atoms with Gasteiger partial charge in [0, 0.05) is 36.3 Å². The summed E-state index contributed by atoms with van der Waals surface area (Å²) in [5.41, 5.74) is -2.53. The Kier molecular flexibility index (Phi) is 6.16. The van der Waals surface area contributed by atoms with Crippen LogP contribution in [0.2, 0.25) is 0 Å². The maximum Gasteiger partial charge on any atom is 0.421 e. The fourth-order valence-corrected chi connectivity index (χ4v) is 5.58. The Morgan fingerprint density at radius 3 is 2.20 bits per heavy atom. The van der Waals surface area contributed by atoms with E-state index in [1.165, 1.54) is 34.6 Å². The standard InChI is InChI=1S/C20H23F3N2O3S2/c1-14-13-24(30(27,28)18-6-4-3-5-17(18)29)11-12-25(14)16-9-7-15(8-10-16)19(2,26)20(21,22)23/h3-10,14,26,29H,11-13H2,1-2H3/t14-,19-/m0/s1. The molecule has 0 spiro atoms. The number of sulfonamides is 1. The zero-order valence-corrected chi connectivity index (χ0v) is 18.2. The second kappa shape index (κ2) is 8.07. The zero-order chi connectivity index (χ0) is 22.3. The summed E-state index contributed by atoms with van der Waals surface area (Å²) in [5, 5.41) is 9.81. The largest absolute Gasteiger partial charge is 0.421 e. The molecular formula is C20H23F3N2O3S2. The van der Waals surface area contributed by atoms with Crippen LogP contribution in [-0.2, 0) is 15.6 Å². The number of nitrogens with zero attached hydrogens (tertiary/aromatic N) is 2. The van der Waals surface area contributed by atoms with E-state index in [2.05, 4.69) is 12.6 Å². The van der Waals surface area contributed by atoms with Gasteiger partial charge < -0.3 is 10.0 Å². The van der Waals surface area contributed by atoms with Gasteiger partial charge in [-0.1, -0.05) is 24.3 Å². The third-order valence-corrected chi connectivity index (χ3v) is 7.85. The number of thiol groups is 1. The molecule has 10 heteroatoms. The van der Waals surface area contributed by atoms with Crippen LogP contribution in [-0.4, -0.2) is 49.7 Å². The summed E-state index contributed by atoms with van der Waals surface area (Å²) in [7, 11) is -3.70. The summed E-state index contributed by atoms with van der Waals surface area (Å²) in [6.45, 7) is 3.41. The lowest BCUT2D eigenvalue weighted by molar-refractivity contribution is -0.258. The van der Waals surface area contributed by atoms with Crippen molar-refractivity contribution in [3.63, 3.8) is 0 Å². The lowest BCUT2D eigenvalue weighted by Crippen LogP contribution is -2.53. The Hall–Kier alpha value is -1.75. The molecule has 0 bridgehead atoms. The Morgan fingerprint density at radius 1 is 1.07 bits per heavy atom. The molecule has 3 rings (SSSR count). The molecule has 30 heavy (non-hydrogen) atoms. The van der Waals surface area contributed by atoms with E-state index in [9.17, 15) is 26.7 Å². The molecule has 0 aliphatic carbocycles. The maximum absolute atomic E-state index is 13.0. The molecule has 5 nitrogen and oxygen atoms in total. The highest BCUT2D eigenvalue weighted by Gasteiger charge is 2.51. The van der Waals surface area contributed by atoms with Crippen molar-refractivity contribution in [2.75, 3.05) is 24.5 Å². The van der Waals surface area contributed by atoms with Gasteiger partial charge in [-0.3, -0.25) is 0 Å². The van der Waals surface area contributed by atoms with Crippen LogP contribution in [0.4, 0.5) is 18.9 Å². The molecule has 0 aromatic heterocycles. The van der Waals surface area contributed by atoms with Crippen molar-refractivity contribution in [3.8, 4) is 0 Å². The van der Waals surface area contributed by atoms with Crippen LogP contribution in [0.25, 0.3) is 0 Å². The third-order valence-electron chi connectivity index (χ3n) is 5.39. The van der Waals surface area contributed by atoms with E-state index < -0.39 is 21.8 Å². The van der Waals surface area contributed by atoms with Crippen LogP contribution in [0.15, 0.2) is 58.3 Å². The van der Waals surface area contributed by atoms with Gasteiger partial charge in [-0.25, -0.2) is 8.42 Å². The topological polar surface area (TPSA) is 60.9 Å². The van der Waals surface area contributed by atoms with Gasteiger partial charge in [0.15, 0.2) is 5.60 Å². The molecule has 1 heterocycles. The summed E-state index contributed by atoms with van der Waals surface area (Å²) in [6.07, 6.45) is -4.79. The number of hydrogen-bond donors (Lipinski definition) is 2. The first-order valence-electron chi connectivity index (χ1n) is 9.30. The van der Waals surface area contributed by atoms with Crippen LogP contribution in [0, 0.1) is 0 Å². The molecule has 1 N–H and O–H groups in total. The summed E-state index contributed by atoms with van der Waals surface area (Å²) in [4.78, 5) is 2.46. The van der Waals surface area contributed by atoms with Crippen molar-refractivity contribution in [3.05, 3.63) is 54.1 Å². The van der Waals surface area contributed by atoms with Crippen LogP contribution < -0.4 is 4.90 Å². The summed E-state index contributed by atoms with van der Waals surface area (Å²) in [5.74, 6) is 0. The second-order valence-corrected chi connectivity index (χ2v) is 9.88. The van der Waals surface area contributed by atoms with Crippen LogP contribution >= 0.6 is 12.6 Å². The Morgan fingerprint density at radius 2 is 1.67 bits per heavy atom. The van der Waals surface area contributed by atoms with Gasteiger partial charge in [-0.05, 0) is 43.7 Å². The molecular weight excluding hydrogens is 437 g/mol. The number of piperazine rings is 1. The molecule has 2 aromatic carbocycles. The molecule has 0 saturated carbocycles. The summed E-state index contributed by atoms with van der Waals surface area (Å²) < 4.78 is 66.4. The van der Waals surface area contributed by atoms with Gasteiger partial charge in [-0.15, -0.1) is 12.6 Å². The molecule has 1 saturated heterocycles. The molecule has 2 aromatic rings. The first-order chi connectivity index (χ1) is 13.9. The fourth-order valence-electron chi connectivity index (χ4n) is 3.48. The van der Waals surface area contributed by atoms with Crippen molar-refractivity contribution in [2.24, 2.45) is 0 Å². The van der Waals surface area contributed by atoms with Crippen LogP contribution in [0.3, 0.4) is 0 Å². The van der Waals surface area contributed by atoms with E-state index in [4.69, 9.17) is 0 Å². The maximum atomic E-state index is 13.0. The molecule has 0 unspecified atom stereocenters. The van der Waals surface area contributed by atoms with Crippen LogP contribution in [0.1, 0.15) is 19.4 Å². The van der Waals surface area contributed by atoms with E-state index in [-0.39, 0.29) is 29.6 Å². The normalized spacial score (nSPS) is 20.8. The zero-order valence-electron chi connectivity index (χ0n) is 16.5. The number of anilines is 1. The lowest BCUT2D eigenvalue weighted by Gasteiger charge is -2.41. The SMILES string of the molecule is C[C@H]1CN(S(=O)(=O)c2ccccc2S)CCN1c1ccc([C@](C)(O)C(F)(F)F)cc1. The van der Waals surface area contributed by atoms with Gasteiger partial charge in [-0.2, -0.15) is 17.5 Å². The number of halogens is 3. The minimum absolute atomic E-state index is 0.146. The molecule has 164 valence electrons. The number of aliphatic hydroxyl groups is 1. The van der Waals surface area contributed by atoms with Crippen LogP contribution in [0.5, 0.6) is 0 Å². The summed E-state index contributed by atoms with van der Waals surface area (Å²) in [6, 6.07) is 11.8. The number of hydrogen-bond acceptors (Lipinski definition) is 5. The monoisotopic (exact) mass is 460 g/mol. The van der Waals surface area contributed by atoms with Crippen molar-refractivity contribution in [1.29, 1.82) is 0 Å². The molecule has 0 radical (unpaired) electrons. The minimum atomic E-state index is -4.79. The highest BCUT2D eigenvalue weighted by Crippen LogP contribution is 2.39. The van der Waals surface area contributed by atoms with Gasteiger partial charge >= 0.3 is 6.18 Å². The van der Waals surface area contributed by atoms with Crippen molar-refractivity contribution >= 4 is 28.3 Å². The highest BCUT2D eigenvalue weighted by molar-refractivity contribution is 7.90. The predicted molar refractivity (Wildman–Crippen MR) is 111 cm³/mol. The van der Waals surface area contributed by atoms with E-state index in [1.54, 1.807) is 18.2 Å². The van der Waals surface area contributed by atoms with E-state index in [1.807, 2.05) is 11.8 Å². The van der Waals surface area contributed by atoms with Gasteiger partial charge in [0.25, 0.3) is 0 Å². The molecule has 2 atom stereocenters. The Bertz CT molecular complexity index is 1010. The predicted octanol–water partition coefficient (Wildman–Crippen LogP) is 3.64. The highest BCUT2D eigenvalue weighted by atomic mass is 32.2. The molecule has 1 aliphatic heterocycles. The van der Waals surface area contributed by atoms with Gasteiger partial charge in [0.05, 0.1) is 4.90 Å². The minimum Gasteiger partial charge on any atom is -0.376 e. The molecule has 1 aliphatic rings. The van der Waals surface area contributed by atoms with Gasteiger partial charge in [0.1, 0.15) is 0 Å². The Balaban J connectivity index is 1.77. The molecule has 0 amide bonds. The number of rotatable bonds is 4.